The molecule has 1 fully saturated rings. The molecule has 62 valence electrons. The van der Waals surface area contributed by atoms with E-state index in [0.717, 1.165) is 5.56 Å². The van der Waals surface area contributed by atoms with Crippen molar-refractivity contribution in [1.82, 2.24) is 0 Å². The topological polar surface area (TPSA) is 23.3 Å². The maximum absolute atomic E-state index is 5.08. The van der Waals surface area contributed by atoms with E-state index in [4.69, 9.17) is 17.0 Å². The monoisotopic (exact) mass is 185 g/mol. The minimum Gasteiger partial charge on any atom is -0.635 e. The Morgan fingerprint density at radius 3 is 2.54 bits per heavy atom. The molecule has 0 bridgehead atoms. The fourth-order valence-corrected chi connectivity index (χ4v) is 1.39. The van der Waals surface area contributed by atoms with Gasteiger partial charge in [-0.25, -0.2) is 0 Å². The summed E-state index contributed by atoms with van der Waals surface area (Å²) in [5, 5.41) is 4.55. The van der Waals surface area contributed by atoms with E-state index in [-0.39, 0.29) is 24.9 Å². The predicted octanol–water partition coefficient (Wildman–Crippen LogP) is -0.580. The Morgan fingerprint density at radius 1 is 1.31 bits per heavy atom. The summed E-state index contributed by atoms with van der Waals surface area (Å²) in [7, 11) is 0. The quantitative estimate of drug-likeness (QED) is 0.431. The third-order valence-electron chi connectivity index (χ3n) is 1.81. The molecule has 1 aromatic carbocycles. The molecule has 0 N–H and O–H groups in total. The third-order valence-corrected chi connectivity index (χ3v) is 2.03. The zero-order valence-electron chi connectivity index (χ0n) is 7.43. The minimum absolute atomic E-state index is 0. The van der Waals surface area contributed by atoms with E-state index in [2.05, 4.69) is 5.32 Å². The number of ether oxygens (including phenoxy) is 1. The van der Waals surface area contributed by atoms with Crippen LogP contribution >= 0.6 is 12.2 Å². The molecule has 2 rings (SSSR count). The number of rotatable bonds is 1. The van der Waals surface area contributed by atoms with Gasteiger partial charge >= 0.3 is 18.9 Å². The van der Waals surface area contributed by atoms with E-state index >= 15 is 0 Å². The van der Waals surface area contributed by atoms with Crippen molar-refractivity contribution in [1.29, 1.82) is 0 Å². The molecule has 2 nitrogen and oxygen atoms in total. The molecule has 0 aromatic heterocycles. The molecule has 0 unspecified atom stereocenters. The van der Waals surface area contributed by atoms with Gasteiger partial charge in [0.1, 0.15) is 0 Å². The van der Waals surface area contributed by atoms with Crippen molar-refractivity contribution >= 4 is 17.4 Å². The second kappa shape index (κ2) is 4.66. The van der Waals surface area contributed by atoms with Gasteiger partial charge in [0.15, 0.2) is 0 Å². The molecule has 1 atom stereocenters. The van der Waals surface area contributed by atoms with Crippen molar-refractivity contribution in [2.45, 2.75) is 6.04 Å². The molecule has 0 spiro atoms. The largest absolute Gasteiger partial charge is 1.00 e. The van der Waals surface area contributed by atoms with Crippen LogP contribution in [0.2, 0.25) is 0 Å². The predicted molar refractivity (Wildman–Crippen MR) is 51.1 cm³/mol. The van der Waals surface area contributed by atoms with E-state index in [1.165, 1.54) is 0 Å². The van der Waals surface area contributed by atoms with E-state index in [9.17, 15) is 0 Å². The number of benzene rings is 1. The third kappa shape index (κ3) is 2.47. The van der Waals surface area contributed by atoms with Crippen molar-refractivity contribution in [2.24, 2.45) is 0 Å². The van der Waals surface area contributed by atoms with E-state index in [1.54, 1.807) is 0 Å². The molecule has 1 aromatic rings. The van der Waals surface area contributed by atoms with Crippen molar-refractivity contribution in [3.8, 4) is 0 Å². The zero-order valence-corrected chi connectivity index (χ0v) is 8.25. The summed E-state index contributed by atoms with van der Waals surface area (Å²) in [5.41, 5.74) is 1.16. The standard InChI is InChI=1S/C9H9NOS.Li/c12-9-10-8(6-11-9)7-4-2-1-3-5-7;/h1-5,8H,6H2,(H,10,12);/q;+1/p-1/t8-;/m1./s1. The van der Waals surface area contributed by atoms with Gasteiger partial charge in [-0.1, -0.05) is 54.2 Å². The second-order valence-corrected chi connectivity index (χ2v) is 2.98. The molecule has 0 amide bonds. The molecule has 0 aliphatic carbocycles. The van der Waals surface area contributed by atoms with Gasteiger partial charge in [-0.05, 0) is 0 Å². The van der Waals surface area contributed by atoms with Crippen LogP contribution in [0, 0.1) is 0 Å². The first-order chi connectivity index (χ1) is 5.86. The first-order valence-electron chi connectivity index (χ1n) is 3.79. The van der Waals surface area contributed by atoms with Crippen LogP contribution in [-0.2, 0) is 4.74 Å². The number of hydrogen-bond acceptors (Lipinski definition) is 2. The summed E-state index contributed by atoms with van der Waals surface area (Å²) in [5.74, 6) is 0. The fraction of sp³-hybridized carbons (Fsp3) is 0.222. The smallest absolute Gasteiger partial charge is 0.635 e. The van der Waals surface area contributed by atoms with Gasteiger partial charge in [-0.2, -0.15) is 0 Å². The van der Waals surface area contributed by atoms with Crippen LogP contribution in [0.5, 0.6) is 0 Å². The van der Waals surface area contributed by atoms with Crippen LogP contribution in [0.1, 0.15) is 11.6 Å². The Morgan fingerprint density at radius 2 is 2.00 bits per heavy atom. The fourth-order valence-electron chi connectivity index (χ4n) is 1.20. The van der Waals surface area contributed by atoms with Crippen LogP contribution in [0.4, 0.5) is 0 Å². The molecular formula is C9H8LiNOS. The van der Waals surface area contributed by atoms with Gasteiger partial charge in [0.25, 0.3) is 0 Å². The van der Waals surface area contributed by atoms with Gasteiger partial charge < -0.3 is 10.1 Å². The summed E-state index contributed by atoms with van der Waals surface area (Å²) in [6.07, 6.45) is 0. The Labute approximate surface area is 94.8 Å². The molecule has 13 heavy (non-hydrogen) atoms. The number of thiocarbonyl (C=S) groups is 1. The Hall–Kier alpha value is -0.493. The van der Waals surface area contributed by atoms with Crippen LogP contribution < -0.4 is 18.9 Å². The van der Waals surface area contributed by atoms with Crippen molar-refractivity contribution in [2.75, 3.05) is 6.61 Å². The van der Waals surface area contributed by atoms with Gasteiger partial charge in [-0.15, -0.1) is 0 Å². The van der Waals surface area contributed by atoms with Crippen molar-refractivity contribution < 1.29 is 23.6 Å². The second-order valence-electron chi connectivity index (χ2n) is 2.63. The average Bonchev–Trinajstić information content (AvgIpc) is 2.54. The van der Waals surface area contributed by atoms with Crippen LogP contribution in [0.25, 0.3) is 5.32 Å². The Kier molecular flexibility index (Phi) is 3.80. The first-order valence-corrected chi connectivity index (χ1v) is 4.19. The Balaban J connectivity index is 0.000000845. The van der Waals surface area contributed by atoms with Crippen LogP contribution in [0.3, 0.4) is 0 Å². The normalized spacial score (nSPS) is 20.0. The van der Waals surface area contributed by atoms with Gasteiger partial charge in [0.2, 0.25) is 0 Å². The summed E-state index contributed by atoms with van der Waals surface area (Å²) in [6.45, 7) is 0.586. The SMILES string of the molecule is S=C1[N-][C@@H](c2ccccc2)CO1.[Li+]. The zero-order chi connectivity index (χ0) is 8.39. The molecule has 1 aliphatic heterocycles. The molecule has 1 heterocycles. The molecular weight excluding hydrogens is 177 g/mol. The minimum atomic E-state index is 0. The summed E-state index contributed by atoms with van der Waals surface area (Å²) < 4.78 is 5.08. The summed E-state index contributed by atoms with van der Waals surface area (Å²) in [4.78, 5) is 0. The molecule has 1 aliphatic rings. The van der Waals surface area contributed by atoms with Crippen LogP contribution in [0.15, 0.2) is 30.3 Å². The van der Waals surface area contributed by atoms with E-state index in [1.807, 2.05) is 30.3 Å². The van der Waals surface area contributed by atoms with Gasteiger partial charge in [0, 0.05) is 0 Å². The van der Waals surface area contributed by atoms with Crippen molar-refractivity contribution in [3.05, 3.63) is 41.2 Å². The molecule has 0 radical (unpaired) electrons. The van der Waals surface area contributed by atoms with Crippen LogP contribution in [-0.4, -0.2) is 11.8 Å². The number of nitrogens with zero attached hydrogens (tertiary/aromatic N) is 1. The average molecular weight is 185 g/mol. The Bertz CT molecular complexity index is 291. The maximum atomic E-state index is 5.08. The maximum Gasteiger partial charge on any atom is 1.00 e. The molecule has 0 saturated carbocycles. The first kappa shape index (κ1) is 10.6. The van der Waals surface area contributed by atoms with Gasteiger partial charge in [-0.3, -0.25) is 0 Å². The van der Waals surface area contributed by atoms with E-state index in [0.29, 0.717) is 11.8 Å². The summed E-state index contributed by atoms with van der Waals surface area (Å²) >= 11 is 4.81. The summed E-state index contributed by atoms with van der Waals surface area (Å²) in [6, 6.07) is 10.1. The van der Waals surface area contributed by atoms with Gasteiger partial charge in [0.05, 0.1) is 11.8 Å². The van der Waals surface area contributed by atoms with E-state index < -0.39 is 0 Å². The number of hydrogen-bond donors (Lipinski definition) is 0. The molecule has 1 saturated heterocycles. The van der Waals surface area contributed by atoms with Crippen molar-refractivity contribution in [3.63, 3.8) is 0 Å². The molecule has 4 heteroatoms.